The van der Waals surface area contributed by atoms with Crippen LogP contribution < -0.4 is 15.8 Å². The van der Waals surface area contributed by atoms with Crippen molar-refractivity contribution in [2.24, 2.45) is 5.10 Å². The molecule has 25 heavy (non-hydrogen) atoms. The molecule has 2 heterocycles. The Morgan fingerprint density at radius 1 is 1.40 bits per heavy atom. The summed E-state index contributed by atoms with van der Waals surface area (Å²) in [6, 6.07) is 3.26. The number of anilines is 2. The molecule has 9 heteroatoms. The van der Waals surface area contributed by atoms with Crippen LogP contribution in [0, 0.1) is 12.7 Å². The number of nitrogens with zero attached hydrogens (tertiary/aromatic N) is 4. The maximum absolute atomic E-state index is 14.0. The average Bonchev–Trinajstić information content (AvgIpc) is 2.61. The van der Waals surface area contributed by atoms with Crippen molar-refractivity contribution in [3.63, 3.8) is 0 Å². The molecule has 2 aromatic rings. The third-order valence-corrected chi connectivity index (χ3v) is 3.76. The normalized spacial score (nSPS) is 14.9. The Labute approximate surface area is 146 Å². The number of halogens is 1. The summed E-state index contributed by atoms with van der Waals surface area (Å²) in [6.07, 6.45) is 2.50. The summed E-state index contributed by atoms with van der Waals surface area (Å²) in [5.41, 5.74) is 4.26. The topological polar surface area (TPSA) is 82.9 Å². The number of ether oxygens (including phenoxy) is 1. The maximum atomic E-state index is 14.0. The summed E-state index contributed by atoms with van der Waals surface area (Å²) < 4.78 is 19.2. The second-order valence-corrected chi connectivity index (χ2v) is 5.61. The van der Waals surface area contributed by atoms with Gasteiger partial charge in [-0.2, -0.15) is 10.1 Å². The highest BCUT2D eigenvalue weighted by atomic mass is 19.1. The van der Waals surface area contributed by atoms with E-state index in [1.54, 1.807) is 24.0 Å². The van der Waals surface area contributed by atoms with Crippen LogP contribution in [0.25, 0.3) is 0 Å². The molecule has 1 aliphatic heterocycles. The van der Waals surface area contributed by atoms with Gasteiger partial charge in [-0.1, -0.05) is 17.6 Å². The second kappa shape index (κ2) is 7.48. The van der Waals surface area contributed by atoms with E-state index in [1.165, 1.54) is 6.21 Å². The number of nitrogens with one attached hydrogen (secondary N) is 1. The fourth-order valence-corrected chi connectivity index (χ4v) is 2.50. The molecule has 1 aromatic carbocycles. The minimum Gasteiger partial charge on any atom is -0.507 e. The van der Waals surface area contributed by atoms with Crippen molar-refractivity contribution in [1.29, 1.82) is 0 Å². The Kier molecular flexibility index (Phi) is 5.13. The smallest absolute Gasteiger partial charge is 0.245 e. The summed E-state index contributed by atoms with van der Waals surface area (Å²) in [5.74, 6) is -0.0489. The molecule has 128 valence electrons. The molecule has 1 aliphatic rings. The number of aryl methyl sites for hydroxylation is 1. The lowest BCUT2D eigenvalue weighted by Crippen LogP contribution is -2.37. The van der Waals surface area contributed by atoms with Gasteiger partial charge in [-0.05, 0) is 12.5 Å². The zero-order chi connectivity index (χ0) is 17.8. The largest absolute Gasteiger partial charge is 0.507 e. The molecule has 7 nitrogen and oxygen atoms in total. The van der Waals surface area contributed by atoms with Crippen LogP contribution in [0.4, 0.5) is 16.2 Å². The lowest BCUT2D eigenvalue weighted by Gasteiger charge is -2.27. The average molecular weight is 341 g/mol. The molecule has 3 rings (SSSR count). The zero-order valence-electron chi connectivity index (χ0n) is 13.7. The van der Waals surface area contributed by atoms with Crippen LogP contribution in [0.15, 0.2) is 23.4 Å². The van der Waals surface area contributed by atoms with Crippen molar-refractivity contribution < 1.29 is 14.2 Å². The van der Waals surface area contributed by atoms with E-state index in [-0.39, 0.29) is 17.5 Å². The molecular formula is C16H17BFN5O2. The van der Waals surface area contributed by atoms with Gasteiger partial charge in [0.2, 0.25) is 5.95 Å². The molecule has 2 radical (unpaired) electrons. The van der Waals surface area contributed by atoms with E-state index in [2.05, 4.69) is 20.5 Å². The summed E-state index contributed by atoms with van der Waals surface area (Å²) >= 11 is 0. The van der Waals surface area contributed by atoms with Crippen LogP contribution in [0.5, 0.6) is 5.75 Å². The predicted octanol–water partition coefficient (Wildman–Crippen LogP) is 0.706. The Bertz CT molecular complexity index is 796. The molecule has 0 unspecified atom stereocenters. The van der Waals surface area contributed by atoms with E-state index in [1.807, 2.05) is 0 Å². The highest BCUT2D eigenvalue weighted by Crippen LogP contribution is 2.20. The fraction of sp³-hybridized carbons (Fsp3) is 0.312. The summed E-state index contributed by atoms with van der Waals surface area (Å²) in [7, 11) is 5.75. The van der Waals surface area contributed by atoms with Crippen LogP contribution in [0.2, 0.25) is 0 Å². The van der Waals surface area contributed by atoms with Crippen molar-refractivity contribution in [3.05, 3.63) is 35.3 Å². The van der Waals surface area contributed by atoms with E-state index in [4.69, 9.17) is 12.6 Å². The standard InChI is InChI=1S/C16H17BFN5O2/c1-10-6-12(17)7-11(14(10)24)8-20-22-16-19-9-13(18)15(21-16)23-2-4-25-5-3-23/h6-9,24H,2-5H2,1H3,(H,19,21,22)/b20-8-. The van der Waals surface area contributed by atoms with Crippen LogP contribution in [-0.4, -0.2) is 55.4 Å². The molecule has 0 saturated carbocycles. The Balaban J connectivity index is 1.75. The molecule has 0 amide bonds. The third kappa shape index (κ3) is 4.05. The number of aromatic nitrogens is 2. The van der Waals surface area contributed by atoms with E-state index < -0.39 is 5.82 Å². The van der Waals surface area contributed by atoms with Crippen LogP contribution in [0.3, 0.4) is 0 Å². The molecule has 1 fully saturated rings. The SMILES string of the molecule is [B]c1cc(C)c(O)c(/C=N\Nc2ncc(F)c(N3CCOCC3)n2)c1. The van der Waals surface area contributed by atoms with Gasteiger partial charge in [0.25, 0.3) is 0 Å². The number of phenolic OH excluding ortho intramolecular Hbond substituents is 1. The first-order valence-corrected chi connectivity index (χ1v) is 7.78. The van der Waals surface area contributed by atoms with Gasteiger partial charge < -0.3 is 14.7 Å². The minimum absolute atomic E-state index is 0.0915. The molecule has 2 N–H and O–H groups in total. The predicted molar refractivity (Wildman–Crippen MR) is 94.5 cm³/mol. The zero-order valence-corrected chi connectivity index (χ0v) is 13.7. The molecular weight excluding hydrogens is 324 g/mol. The highest BCUT2D eigenvalue weighted by molar-refractivity contribution is 6.32. The first-order chi connectivity index (χ1) is 12.0. The summed E-state index contributed by atoms with van der Waals surface area (Å²) in [5, 5.41) is 14.0. The first-order valence-electron chi connectivity index (χ1n) is 7.78. The van der Waals surface area contributed by atoms with Gasteiger partial charge in [-0.3, -0.25) is 0 Å². The van der Waals surface area contributed by atoms with E-state index in [9.17, 15) is 9.50 Å². The number of benzene rings is 1. The number of hydrogen-bond acceptors (Lipinski definition) is 7. The number of morpholine rings is 1. The Hall–Kier alpha value is -2.68. The van der Waals surface area contributed by atoms with Gasteiger partial charge in [0, 0.05) is 18.7 Å². The van der Waals surface area contributed by atoms with Gasteiger partial charge in [0.05, 0.1) is 25.6 Å². The number of aromatic hydroxyl groups is 1. The maximum Gasteiger partial charge on any atom is 0.245 e. The number of phenols is 1. The minimum atomic E-state index is -0.500. The van der Waals surface area contributed by atoms with Crippen LogP contribution in [-0.2, 0) is 4.74 Å². The van der Waals surface area contributed by atoms with E-state index in [0.717, 1.165) is 6.20 Å². The first kappa shape index (κ1) is 17.2. The van der Waals surface area contributed by atoms with Crippen molar-refractivity contribution >= 4 is 31.3 Å². The van der Waals surface area contributed by atoms with Crippen LogP contribution >= 0.6 is 0 Å². The molecule has 1 aromatic heterocycles. The highest BCUT2D eigenvalue weighted by Gasteiger charge is 2.17. The van der Waals surface area contributed by atoms with Gasteiger partial charge in [0.15, 0.2) is 11.6 Å². The quantitative estimate of drug-likeness (QED) is 0.484. The van der Waals surface area contributed by atoms with E-state index in [0.29, 0.717) is 42.9 Å². The molecule has 0 bridgehead atoms. The molecule has 0 spiro atoms. The van der Waals surface area contributed by atoms with Crippen molar-refractivity contribution in [2.45, 2.75) is 6.92 Å². The van der Waals surface area contributed by atoms with Crippen LogP contribution in [0.1, 0.15) is 11.1 Å². The third-order valence-electron chi connectivity index (χ3n) is 3.76. The van der Waals surface area contributed by atoms with Gasteiger partial charge in [-0.15, -0.1) is 0 Å². The monoisotopic (exact) mass is 341 g/mol. The fourth-order valence-electron chi connectivity index (χ4n) is 2.50. The van der Waals surface area contributed by atoms with Crippen molar-refractivity contribution in [1.82, 2.24) is 9.97 Å². The lowest BCUT2D eigenvalue weighted by atomic mass is 9.92. The van der Waals surface area contributed by atoms with Crippen molar-refractivity contribution in [3.8, 4) is 5.75 Å². The second-order valence-electron chi connectivity index (χ2n) is 5.61. The Morgan fingerprint density at radius 2 is 2.16 bits per heavy atom. The Morgan fingerprint density at radius 3 is 2.92 bits per heavy atom. The van der Waals surface area contributed by atoms with Gasteiger partial charge in [0.1, 0.15) is 13.6 Å². The summed E-state index contributed by atoms with van der Waals surface area (Å²) in [6.45, 7) is 3.92. The summed E-state index contributed by atoms with van der Waals surface area (Å²) in [4.78, 5) is 9.82. The lowest BCUT2D eigenvalue weighted by molar-refractivity contribution is 0.122. The number of hydrazone groups is 1. The van der Waals surface area contributed by atoms with E-state index >= 15 is 0 Å². The van der Waals surface area contributed by atoms with Gasteiger partial charge >= 0.3 is 0 Å². The molecule has 0 atom stereocenters. The number of rotatable bonds is 4. The van der Waals surface area contributed by atoms with Gasteiger partial charge in [-0.25, -0.2) is 14.8 Å². The molecule has 1 saturated heterocycles. The number of hydrogen-bond donors (Lipinski definition) is 2. The molecule has 0 aliphatic carbocycles. The van der Waals surface area contributed by atoms with Crippen molar-refractivity contribution in [2.75, 3.05) is 36.6 Å².